The third-order valence-corrected chi connectivity index (χ3v) is 3.52. The van der Waals surface area contributed by atoms with Crippen molar-refractivity contribution in [1.82, 2.24) is 0 Å². The molecule has 0 aliphatic heterocycles. The zero-order chi connectivity index (χ0) is 20.7. The second-order valence-electron chi connectivity index (χ2n) is 5.59. The minimum Gasteiger partial charge on any atom is -0.490 e. The first kappa shape index (κ1) is 20.9. The van der Waals surface area contributed by atoms with Gasteiger partial charge in [-0.05, 0) is 43.7 Å². The minimum atomic E-state index is -2.98. The molecule has 2 rings (SSSR count). The third kappa shape index (κ3) is 5.83. The molecule has 0 fully saturated rings. The van der Waals surface area contributed by atoms with Crippen molar-refractivity contribution in [3.05, 3.63) is 47.5 Å². The summed E-state index contributed by atoms with van der Waals surface area (Å²) < 4.78 is 39.8. The van der Waals surface area contributed by atoms with Crippen LogP contribution in [0, 0.1) is 6.92 Å². The summed E-state index contributed by atoms with van der Waals surface area (Å²) in [4.78, 5) is 23.1. The lowest BCUT2D eigenvalue weighted by Gasteiger charge is -2.13. The Morgan fingerprint density at radius 3 is 2.46 bits per heavy atom. The molecule has 1 amide bonds. The molecule has 0 aromatic heterocycles. The summed E-state index contributed by atoms with van der Waals surface area (Å²) in [6.07, 6.45) is 0. The lowest BCUT2D eigenvalue weighted by Crippen LogP contribution is -2.14. The average molecular weight is 395 g/mol. The van der Waals surface area contributed by atoms with Crippen LogP contribution < -0.4 is 19.5 Å². The lowest BCUT2D eigenvalue weighted by atomic mass is 10.1. The van der Waals surface area contributed by atoms with Gasteiger partial charge in [0.05, 0.1) is 6.61 Å². The molecule has 0 bridgehead atoms. The normalized spacial score (nSPS) is 10.5. The number of alkyl halides is 2. The number of ether oxygens (including phenoxy) is 3. The smallest absolute Gasteiger partial charge is 0.387 e. The van der Waals surface area contributed by atoms with Gasteiger partial charge in [-0.2, -0.15) is 8.78 Å². The lowest BCUT2D eigenvalue weighted by molar-refractivity contribution is -0.139. The van der Waals surface area contributed by atoms with Crippen LogP contribution in [0.2, 0.25) is 0 Å². The number of aliphatic carboxylic acids is 1. The van der Waals surface area contributed by atoms with Crippen molar-refractivity contribution < 1.29 is 37.7 Å². The van der Waals surface area contributed by atoms with Crippen molar-refractivity contribution >= 4 is 17.6 Å². The number of benzene rings is 2. The quantitative estimate of drug-likeness (QED) is 0.672. The predicted octanol–water partition coefficient (Wildman–Crippen LogP) is 3.71. The number of carboxylic acids is 1. The molecular formula is C19H19F2NO6. The van der Waals surface area contributed by atoms with Crippen LogP contribution in [-0.4, -0.2) is 36.8 Å². The molecule has 7 nitrogen and oxygen atoms in total. The van der Waals surface area contributed by atoms with Crippen LogP contribution in [0.5, 0.6) is 17.2 Å². The monoisotopic (exact) mass is 395 g/mol. The number of anilines is 1. The van der Waals surface area contributed by atoms with E-state index in [1.807, 2.05) is 0 Å². The first-order valence-electron chi connectivity index (χ1n) is 8.28. The molecule has 0 aliphatic carbocycles. The number of aryl methyl sites for hydroxylation is 1. The maximum atomic E-state index is 12.5. The number of hydrogen-bond donors (Lipinski definition) is 2. The molecule has 0 spiro atoms. The molecule has 0 radical (unpaired) electrons. The number of carboxylic acid groups (broad SMARTS) is 1. The van der Waals surface area contributed by atoms with Crippen molar-refractivity contribution in [2.24, 2.45) is 0 Å². The average Bonchev–Trinajstić information content (AvgIpc) is 2.63. The number of rotatable bonds is 9. The van der Waals surface area contributed by atoms with Crippen molar-refractivity contribution in [3.8, 4) is 17.2 Å². The molecule has 0 unspecified atom stereocenters. The van der Waals surface area contributed by atoms with Gasteiger partial charge in [0, 0.05) is 17.3 Å². The van der Waals surface area contributed by atoms with Gasteiger partial charge < -0.3 is 24.6 Å². The van der Waals surface area contributed by atoms with E-state index >= 15 is 0 Å². The predicted molar refractivity (Wildman–Crippen MR) is 96.5 cm³/mol. The Morgan fingerprint density at radius 1 is 1.07 bits per heavy atom. The zero-order valence-electron chi connectivity index (χ0n) is 15.2. The fraction of sp³-hybridized carbons (Fsp3) is 0.263. The maximum Gasteiger partial charge on any atom is 0.387 e. The van der Waals surface area contributed by atoms with Gasteiger partial charge in [0.25, 0.3) is 5.91 Å². The fourth-order valence-corrected chi connectivity index (χ4v) is 2.28. The SMILES string of the molecule is CCOc1cc(C(=O)Nc2ccc(C)c(OC(F)F)c2)ccc1OCC(=O)O. The van der Waals surface area contributed by atoms with Crippen LogP contribution in [-0.2, 0) is 4.79 Å². The van der Waals surface area contributed by atoms with E-state index in [-0.39, 0.29) is 35.1 Å². The Bertz CT molecular complexity index is 856. The standard InChI is InChI=1S/C19H19F2NO6/c1-3-26-16-8-12(5-7-14(16)27-10-17(23)24)18(25)22-13-6-4-11(2)15(9-13)28-19(20)21/h4-9,19H,3,10H2,1-2H3,(H,22,25)(H,23,24). The number of carbonyl (C=O) groups excluding carboxylic acids is 1. The van der Waals surface area contributed by atoms with Crippen LogP contribution in [0.4, 0.5) is 14.5 Å². The molecule has 150 valence electrons. The summed E-state index contributed by atoms with van der Waals surface area (Å²) in [5.41, 5.74) is 0.982. The molecule has 0 saturated carbocycles. The van der Waals surface area contributed by atoms with Crippen molar-refractivity contribution in [3.63, 3.8) is 0 Å². The van der Waals surface area contributed by atoms with Gasteiger partial charge in [-0.3, -0.25) is 4.79 Å². The number of halogens is 2. The number of nitrogens with one attached hydrogen (secondary N) is 1. The van der Waals surface area contributed by atoms with Crippen LogP contribution in [0.15, 0.2) is 36.4 Å². The van der Waals surface area contributed by atoms with Crippen molar-refractivity contribution in [1.29, 1.82) is 0 Å². The van der Waals surface area contributed by atoms with Gasteiger partial charge in [0.1, 0.15) is 5.75 Å². The summed E-state index contributed by atoms with van der Waals surface area (Å²) in [7, 11) is 0. The van der Waals surface area contributed by atoms with Gasteiger partial charge in [-0.1, -0.05) is 6.07 Å². The highest BCUT2D eigenvalue weighted by Gasteiger charge is 2.14. The molecule has 0 aliphatic rings. The first-order valence-corrected chi connectivity index (χ1v) is 8.28. The number of hydrogen-bond acceptors (Lipinski definition) is 5. The van der Waals surface area contributed by atoms with Gasteiger partial charge >= 0.3 is 12.6 Å². The van der Waals surface area contributed by atoms with Crippen molar-refractivity contribution in [2.75, 3.05) is 18.5 Å². The number of amides is 1. The highest BCUT2D eigenvalue weighted by molar-refractivity contribution is 6.04. The number of carbonyl (C=O) groups is 2. The summed E-state index contributed by atoms with van der Waals surface area (Å²) >= 11 is 0. The Hall–Kier alpha value is -3.36. The molecule has 2 N–H and O–H groups in total. The highest BCUT2D eigenvalue weighted by Crippen LogP contribution is 2.29. The van der Waals surface area contributed by atoms with E-state index in [9.17, 15) is 18.4 Å². The summed E-state index contributed by atoms with van der Waals surface area (Å²) in [5.74, 6) is -1.31. The molecule has 0 saturated heterocycles. The van der Waals surface area contributed by atoms with Crippen molar-refractivity contribution in [2.45, 2.75) is 20.5 Å². The Kier molecular flexibility index (Phi) is 7.14. The summed E-state index contributed by atoms with van der Waals surface area (Å²) in [5, 5.41) is 11.3. The van der Waals surface area contributed by atoms with E-state index < -0.39 is 25.1 Å². The Morgan fingerprint density at radius 2 is 1.82 bits per heavy atom. The van der Waals surface area contributed by atoms with Crippen LogP contribution in [0.1, 0.15) is 22.8 Å². The van der Waals surface area contributed by atoms with E-state index in [2.05, 4.69) is 10.1 Å². The van der Waals surface area contributed by atoms with Gasteiger partial charge in [0.15, 0.2) is 18.1 Å². The third-order valence-electron chi connectivity index (χ3n) is 3.52. The summed E-state index contributed by atoms with van der Waals surface area (Å²) in [6.45, 7) is 0.0811. The van der Waals surface area contributed by atoms with Crippen LogP contribution in [0.3, 0.4) is 0 Å². The first-order chi connectivity index (χ1) is 13.3. The second-order valence-corrected chi connectivity index (χ2v) is 5.59. The Labute approximate surface area is 159 Å². The van der Waals surface area contributed by atoms with Gasteiger partial charge in [-0.15, -0.1) is 0 Å². The molecular weight excluding hydrogens is 376 g/mol. The van der Waals surface area contributed by atoms with E-state index in [1.54, 1.807) is 26.0 Å². The molecule has 0 heterocycles. The minimum absolute atomic E-state index is 0.0415. The van der Waals surface area contributed by atoms with Crippen LogP contribution in [0.25, 0.3) is 0 Å². The molecule has 9 heteroatoms. The van der Waals surface area contributed by atoms with E-state index in [0.717, 1.165) is 0 Å². The van der Waals surface area contributed by atoms with E-state index in [4.69, 9.17) is 14.6 Å². The largest absolute Gasteiger partial charge is 0.490 e. The maximum absolute atomic E-state index is 12.5. The van der Waals surface area contributed by atoms with E-state index in [1.165, 1.54) is 24.3 Å². The van der Waals surface area contributed by atoms with Gasteiger partial charge in [0.2, 0.25) is 0 Å². The Balaban J connectivity index is 2.19. The zero-order valence-corrected chi connectivity index (χ0v) is 15.2. The summed E-state index contributed by atoms with van der Waals surface area (Å²) in [6, 6.07) is 8.65. The second kappa shape index (κ2) is 9.54. The molecule has 28 heavy (non-hydrogen) atoms. The molecule has 2 aromatic carbocycles. The molecule has 2 aromatic rings. The van der Waals surface area contributed by atoms with E-state index in [0.29, 0.717) is 5.56 Å². The van der Waals surface area contributed by atoms with Crippen LogP contribution >= 0.6 is 0 Å². The molecule has 0 atom stereocenters. The van der Waals surface area contributed by atoms with Gasteiger partial charge in [-0.25, -0.2) is 4.79 Å². The fourth-order valence-electron chi connectivity index (χ4n) is 2.28. The highest BCUT2D eigenvalue weighted by atomic mass is 19.3. The topological polar surface area (TPSA) is 94.1 Å².